The van der Waals surface area contributed by atoms with Crippen LogP contribution in [0.3, 0.4) is 0 Å². The largest absolute Gasteiger partial charge is 0.270 e. The summed E-state index contributed by atoms with van der Waals surface area (Å²) in [6.07, 6.45) is 0. The predicted octanol–water partition coefficient (Wildman–Crippen LogP) is 6.38. The third-order valence-corrected chi connectivity index (χ3v) is 5.86. The minimum atomic E-state index is 0.838. The lowest BCUT2D eigenvalue weighted by atomic mass is 10.1. The molecule has 0 radical (unpaired) electrons. The SMILES string of the molecule is c1ccc(-c2nnc(SCc3ccc4ccccc4c3)n2-c2ccccc2)cc1. The lowest BCUT2D eigenvalue weighted by Gasteiger charge is -2.10. The smallest absolute Gasteiger partial charge is 0.196 e. The van der Waals surface area contributed by atoms with Gasteiger partial charge in [0, 0.05) is 17.0 Å². The van der Waals surface area contributed by atoms with Crippen LogP contribution in [0.5, 0.6) is 0 Å². The van der Waals surface area contributed by atoms with Gasteiger partial charge >= 0.3 is 0 Å². The average molecular weight is 394 g/mol. The Balaban J connectivity index is 1.50. The van der Waals surface area contributed by atoms with E-state index in [1.54, 1.807) is 11.8 Å². The van der Waals surface area contributed by atoms with Crippen LogP contribution in [0.15, 0.2) is 108 Å². The number of nitrogens with zero attached hydrogens (tertiary/aromatic N) is 3. The molecule has 0 aliphatic carbocycles. The van der Waals surface area contributed by atoms with Gasteiger partial charge in [-0.3, -0.25) is 4.57 Å². The number of rotatable bonds is 5. The number of thioether (sulfide) groups is 1. The van der Waals surface area contributed by atoms with Crippen LogP contribution in [0, 0.1) is 0 Å². The highest BCUT2D eigenvalue weighted by Crippen LogP contribution is 2.30. The van der Waals surface area contributed by atoms with Gasteiger partial charge in [-0.1, -0.05) is 103 Å². The van der Waals surface area contributed by atoms with Crippen LogP contribution in [0.1, 0.15) is 5.56 Å². The lowest BCUT2D eigenvalue weighted by Crippen LogP contribution is -1.99. The van der Waals surface area contributed by atoms with Crippen LogP contribution in [0.25, 0.3) is 27.8 Å². The van der Waals surface area contributed by atoms with E-state index in [0.717, 1.165) is 28.0 Å². The Morgan fingerprint density at radius 3 is 2.14 bits per heavy atom. The molecule has 4 aromatic carbocycles. The summed E-state index contributed by atoms with van der Waals surface area (Å²) in [6.45, 7) is 0. The van der Waals surface area contributed by atoms with E-state index in [-0.39, 0.29) is 0 Å². The first-order valence-corrected chi connectivity index (χ1v) is 10.5. The van der Waals surface area contributed by atoms with E-state index >= 15 is 0 Å². The molecular formula is C25H19N3S. The monoisotopic (exact) mass is 393 g/mol. The van der Waals surface area contributed by atoms with E-state index in [1.807, 2.05) is 36.4 Å². The number of aromatic nitrogens is 3. The zero-order valence-corrected chi connectivity index (χ0v) is 16.6. The Bertz CT molecular complexity index is 1250. The van der Waals surface area contributed by atoms with Gasteiger partial charge in [0.1, 0.15) is 0 Å². The Morgan fingerprint density at radius 2 is 1.34 bits per heavy atom. The molecule has 5 aromatic rings. The molecule has 0 unspecified atom stereocenters. The summed E-state index contributed by atoms with van der Waals surface area (Å²) in [5.74, 6) is 1.70. The van der Waals surface area contributed by atoms with Crippen molar-refractivity contribution < 1.29 is 0 Å². The zero-order chi connectivity index (χ0) is 19.5. The average Bonchev–Trinajstić information content (AvgIpc) is 3.23. The topological polar surface area (TPSA) is 30.7 Å². The Morgan fingerprint density at radius 1 is 0.655 bits per heavy atom. The number of para-hydroxylation sites is 1. The second kappa shape index (κ2) is 7.94. The summed E-state index contributed by atoms with van der Waals surface area (Å²) in [5, 5.41) is 12.5. The van der Waals surface area contributed by atoms with E-state index in [4.69, 9.17) is 0 Å². The number of benzene rings is 4. The molecule has 0 saturated carbocycles. The van der Waals surface area contributed by atoms with Crippen molar-refractivity contribution in [1.82, 2.24) is 14.8 Å². The van der Waals surface area contributed by atoms with E-state index in [0.29, 0.717) is 0 Å². The molecule has 4 heteroatoms. The maximum atomic E-state index is 4.52. The van der Waals surface area contributed by atoms with Gasteiger partial charge in [0.2, 0.25) is 0 Å². The van der Waals surface area contributed by atoms with Gasteiger partial charge in [-0.2, -0.15) is 0 Å². The quantitative estimate of drug-likeness (QED) is 0.325. The predicted molar refractivity (Wildman–Crippen MR) is 120 cm³/mol. The molecule has 0 fully saturated rings. The fourth-order valence-electron chi connectivity index (χ4n) is 3.42. The molecule has 0 N–H and O–H groups in total. The summed E-state index contributed by atoms with van der Waals surface area (Å²) in [6, 6.07) is 35.6. The Hall–Kier alpha value is -3.37. The summed E-state index contributed by atoms with van der Waals surface area (Å²) in [5.41, 5.74) is 3.40. The molecule has 0 amide bonds. The maximum absolute atomic E-state index is 4.52. The molecule has 3 nitrogen and oxygen atoms in total. The minimum Gasteiger partial charge on any atom is -0.270 e. The van der Waals surface area contributed by atoms with Crippen molar-refractivity contribution in [2.75, 3.05) is 0 Å². The van der Waals surface area contributed by atoms with Gasteiger partial charge in [0.15, 0.2) is 11.0 Å². The first-order valence-electron chi connectivity index (χ1n) is 9.55. The summed E-state index contributed by atoms with van der Waals surface area (Å²) < 4.78 is 2.14. The molecule has 0 saturated heterocycles. The van der Waals surface area contributed by atoms with Crippen LogP contribution in [-0.4, -0.2) is 14.8 Å². The van der Waals surface area contributed by atoms with Crippen LogP contribution in [-0.2, 0) is 5.75 Å². The van der Waals surface area contributed by atoms with Crippen LogP contribution >= 0.6 is 11.8 Å². The van der Waals surface area contributed by atoms with Crippen molar-refractivity contribution in [3.63, 3.8) is 0 Å². The summed E-state index contributed by atoms with van der Waals surface area (Å²) in [7, 11) is 0. The molecule has 140 valence electrons. The molecule has 29 heavy (non-hydrogen) atoms. The molecule has 1 aromatic heterocycles. The summed E-state index contributed by atoms with van der Waals surface area (Å²) in [4.78, 5) is 0. The molecule has 0 atom stereocenters. The van der Waals surface area contributed by atoms with Crippen molar-refractivity contribution in [3.8, 4) is 17.1 Å². The van der Waals surface area contributed by atoms with Gasteiger partial charge in [0.25, 0.3) is 0 Å². The highest BCUT2D eigenvalue weighted by molar-refractivity contribution is 7.98. The van der Waals surface area contributed by atoms with Gasteiger partial charge in [-0.15, -0.1) is 10.2 Å². The third kappa shape index (κ3) is 3.67. The lowest BCUT2D eigenvalue weighted by molar-refractivity contribution is 0.886. The minimum absolute atomic E-state index is 0.838. The van der Waals surface area contributed by atoms with Crippen molar-refractivity contribution in [1.29, 1.82) is 0 Å². The highest BCUT2D eigenvalue weighted by Gasteiger charge is 2.16. The number of hydrogen-bond donors (Lipinski definition) is 0. The van der Waals surface area contributed by atoms with E-state index in [1.165, 1.54) is 16.3 Å². The zero-order valence-electron chi connectivity index (χ0n) is 15.8. The fourth-order valence-corrected chi connectivity index (χ4v) is 4.32. The maximum Gasteiger partial charge on any atom is 0.196 e. The second-order valence-corrected chi connectivity index (χ2v) is 7.76. The van der Waals surface area contributed by atoms with Crippen LogP contribution < -0.4 is 0 Å². The molecule has 0 aliphatic heterocycles. The third-order valence-electron chi connectivity index (χ3n) is 4.86. The molecule has 0 bridgehead atoms. The summed E-state index contributed by atoms with van der Waals surface area (Å²) >= 11 is 1.71. The van der Waals surface area contributed by atoms with E-state index in [2.05, 4.69) is 81.5 Å². The normalized spacial score (nSPS) is 11.0. The van der Waals surface area contributed by atoms with E-state index in [9.17, 15) is 0 Å². The highest BCUT2D eigenvalue weighted by atomic mass is 32.2. The van der Waals surface area contributed by atoms with Crippen molar-refractivity contribution in [2.45, 2.75) is 10.9 Å². The van der Waals surface area contributed by atoms with E-state index < -0.39 is 0 Å². The second-order valence-electron chi connectivity index (χ2n) is 6.81. The van der Waals surface area contributed by atoms with Crippen LogP contribution in [0.4, 0.5) is 0 Å². The fraction of sp³-hybridized carbons (Fsp3) is 0.0400. The molecule has 1 heterocycles. The van der Waals surface area contributed by atoms with Gasteiger partial charge in [-0.05, 0) is 28.5 Å². The molecular weight excluding hydrogens is 374 g/mol. The first kappa shape index (κ1) is 17.7. The molecule has 5 rings (SSSR count). The van der Waals surface area contributed by atoms with Crippen LogP contribution in [0.2, 0.25) is 0 Å². The number of hydrogen-bond acceptors (Lipinski definition) is 3. The van der Waals surface area contributed by atoms with Gasteiger partial charge in [-0.25, -0.2) is 0 Å². The Kier molecular flexibility index (Phi) is 4.85. The molecule has 0 aliphatic rings. The first-order chi connectivity index (χ1) is 14.4. The molecule has 0 spiro atoms. The number of fused-ring (bicyclic) bond motifs is 1. The van der Waals surface area contributed by atoms with Gasteiger partial charge in [0.05, 0.1) is 0 Å². The van der Waals surface area contributed by atoms with Crippen molar-refractivity contribution in [3.05, 3.63) is 109 Å². The Labute approximate surface area is 174 Å². The van der Waals surface area contributed by atoms with Gasteiger partial charge < -0.3 is 0 Å². The van der Waals surface area contributed by atoms with Crippen molar-refractivity contribution in [2.24, 2.45) is 0 Å². The van der Waals surface area contributed by atoms with Crippen molar-refractivity contribution >= 4 is 22.5 Å². The standard InChI is InChI=1S/C25H19N3S/c1-3-10-21(11-4-1)24-26-27-25(28(24)23-13-5-2-6-14-23)29-18-19-15-16-20-9-7-8-12-22(20)17-19/h1-17H,18H2.